The molecule has 0 aliphatic heterocycles. The van der Waals surface area contributed by atoms with Gasteiger partial charge in [-0.25, -0.2) is 0 Å². The molecule has 0 aromatic rings. The van der Waals surface area contributed by atoms with E-state index < -0.39 is 5.97 Å². The number of rotatable bonds is 8. The first-order valence-electron chi connectivity index (χ1n) is 8.64. The average molecular weight is 311 g/mol. The molecule has 0 radical (unpaired) electrons. The molecule has 5 nitrogen and oxygen atoms in total. The van der Waals surface area contributed by atoms with Crippen LogP contribution in [-0.4, -0.2) is 36.7 Å². The molecular formula is C17H29NO4. The molecule has 0 aromatic heterocycles. The van der Waals surface area contributed by atoms with Gasteiger partial charge in [-0.2, -0.15) is 0 Å². The fourth-order valence-electron chi connectivity index (χ4n) is 3.65. The summed E-state index contributed by atoms with van der Waals surface area (Å²) < 4.78 is 5.45. The molecule has 0 saturated heterocycles. The van der Waals surface area contributed by atoms with Crippen molar-refractivity contribution in [2.75, 3.05) is 19.8 Å². The Kier molecular flexibility index (Phi) is 6.24. The lowest BCUT2D eigenvalue weighted by Gasteiger charge is -2.42. The maximum atomic E-state index is 12.3. The minimum absolute atomic E-state index is 0.000353. The first kappa shape index (κ1) is 17.3. The molecule has 2 rings (SSSR count). The summed E-state index contributed by atoms with van der Waals surface area (Å²) in [4.78, 5) is 23.2. The number of ether oxygens (including phenoxy) is 1. The van der Waals surface area contributed by atoms with E-state index in [9.17, 15) is 9.59 Å². The van der Waals surface area contributed by atoms with Crippen LogP contribution in [0.2, 0.25) is 0 Å². The summed E-state index contributed by atoms with van der Waals surface area (Å²) in [6.45, 7) is 4.27. The largest absolute Gasteiger partial charge is 0.481 e. The molecule has 126 valence electrons. The fraction of sp³-hybridized carbons (Fsp3) is 0.882. The Morgan fingerprint density at radius 3 is 2.32 bits per heavy atom. The summed E-state index contributed by atoms with van der Waals surface area (Å²) in [7, 11) is 0. The van der Waals surface area contributed by atoms with Crippen molar-refractivity contribution in [1.82, 2.24) is 5.32 Å². The highest BCUT2D eigenvalue weighted by atomic mass is 16.5. The van der Waals surface area contributed by atoms with E-state index in [1.165, 1.54) is 19.3 Å². The number of carboxylic acid groups (broad SMARTS) is 1. The number of amides is 1. The van der Waals surface area contributed by atoms with Crippen LogP contribution in [0.1, 0.15) is 58.3 Å². The van der Waals surface area contributed by atoms with Gasteiger partial charge in [-0.1, -0.05) is 6.42 Å². The SMILES string of the molecule is CCOCCC1(CNC(=O)C2CCC(C(=O)O)CC2)CCC1. The Labute approximate surface area is 132 Å². The lowest BCUT2D eigenvalue weighted by Crippen LogP contribution is -2.45. The molecule has 0 heterocycles. The van der Waals surface area contributed by atoms with Gasteiger partial charge in [-0.15, -0.1) is 0 Å². The molecule has 22 heavy (non-hydrogen) atoms. The Morgan fingerprint density at radius 1 is 1.18 bits per heavy atom. The molecule has 0 aromatic carbocycles. The van der Waals surface area contributed by atoms with Gasteiger partial charge in [0.1, 0.15) is 0 Å². The van der Waals surface area contributed by atoms with Crippen LogP contribution >= 0.6 is 0 Å². The van der Waals surface area contributed by atoms with E-state index in [2.05, 4.69) is 5.32 Å². The molecular weight excluding hydrogens is 282 g/mol. The molecule has 2 fully saturated rings. The Hall–Kier alpha value is -1.10. The fourth-order valence-corrected chi connectivity index (χ4v) is 3.65. The van der Waals surface area contributed by atoms with Gasteiger partial charge in [0, 0.05) is 25.7 Å². The predicted octanol–water partition coefficient (Wildman–Crippen LogP) is 2.59. The standard InChI is InChI=1S/C17H29NO4/c1-2-22-11-10-17(8-3-9-17)12-18-15(19)13-4-6-14(7-5-13)16(20)21/h13-14H,2-12H2,1H3,(H,18,19)(H,20,21). The lowest BCUT2D eigenvalue weighted by atomic mass is 9.66. The second kappa shape index (κ2) is 7.95. The molecule has 0 atom stereocenters. The number of nitrogens with one attached hydrogen (secondary N) is 1. The van der Waals surface area contributed by atoms with E-state index in [0.29, 0.717) is 25.7 Å². The van der Waals surface area contributed by atoms with Crippen molar-refractivity contribution >= 4 is 11.9 Å². The molecule has 2 aliphatic rings. The molecule has 1 amide bonds. The summed E-state index contributed by atoms with van der Waals surface area (Å²) in [6.07, 6.45) is 7.27. The third kappa shape index (κ3) is 4.45. The third-order valence-electron chi connectivity index (χ3n) is 5.48. The lowest BCUT2D eigenvalue weighted by molar-refractivity contribution is -0.144. The first-order chi connectivity index (χ1) is 10.6. The van der Waals surface area contributed by atoms with E-state index in [4.69, 9.17) is 9.84 Å². The highest BCUT2D eigenvalue weighted by Crippen LogP contribution is 2.43. The molecule has 5 heteroatoms. The predicted molar refractivity (Wildman–Crippen MR) is 83.5 cm³/mol. The summed E-state index contributed by atoms with van der Waals surface area (Å²) in [5.74, 6) is -0.859. The van der Waals surface area contributed by atoms with Crippen LogP contribution in [0.5, 0.6) is 0 Å². The van der Waals surface area contributed by atoms with Gasteiger partial charge in [-0.05, 0) is 57.3 Å². The van der Waals surface area contributed by atoms with Gasteiger partial charge in [0.2, 0.25) is 5.91 Å². The van der Waals surface area contributed by atoms with Gasteiger partial charge in [0.05, 0.1) is 5.92 Å². The Morgan fingerprint density at radius 2 is 1.82 bits per heavy atom. The van der Waals surface area contributed by atoms with Crippen LogP contribution in [0.4, 0.5) is 0 Å². The highest BCUT2D eigenvalue weighted by Gasteiger charge is 2.37. The number of carbonyl (C=O) groups is 2. The van der Waals surface area contributed by atoms with Crippen molar-refractivity contribution in [2.45, 2.75) is 58.3 Å². The topological polar surface area (TPSA) is 75.6 Å². The van der Waals surface area contributed by atoms with E-state index in [1.807, 2.05) is 6.92 Å². The first-order valence-corrected chi connectivity index (χ1v) is 8.64. The van der Waals surface area contributed by atoms with Gasteiger partial charge in [-0.3, -0.25) is 9.59 Å². The number of hydrogen-bond donors (Lipinski definition) is 2. The number of carbonyl (C=O) groups excluding carboxylic acids is 1. The van der Waals surface area contributed by atoms with Gasteiger partial charge in [0.25, 0.3) is 0 Å². The van der Waals surface area contributed by atoms with Crippen molar-refractivity contribution in [3.63, 3.8) is 0 Å². The van der Waals surface area contributed by atoms with Crippen LogP contribution < -0.4 is 5.32 Å². The van der Waals surface area contributed by atoms with Gasteiger partial charge >= 0.3 is 5.97 Å². The quantitative estimate of drug-likeness (QED) is 0.676. The molecule has 2 aliphatic carbocycles. The van der Waals surface area contributed by atoms with Crippen LogP contribution in [0.25, 0.3) is 0 Å². The second-order valence-electron chi connectivity index (χ2n) is 6.91. The van der Waals surface area contributed by atoms with Crippen LogP contribution in [0.15, 0.2) is 0 Å². The van der Waals surface area contributed by atoms with E-state index in [0.717, 1.165) is 26.2 Å². The minimum atomic E-state index is -0.719. The molecule has 0 unspecified atom stereocenters. The normalized spacial score (nSPS) is 27.0. The third-order valence-corrected chi connectivity index (χ3v) is 5.48. The maximum absolute atomic E-state index is 12.3. The zero-order chi connectivity index (χ0) is 16.0. The van der Waals surface area contributed by atoms with Crippen molar-refractivity contribution in [1.29, 1.82) is 0 Å². The number of hydrogen-bond acceptors (Lipinski definition) is 3. The zero-order valence-electron chi connectivity index (χ0n) is 13.6. The van der Waals surface area contributed by atoms with Crippen molar-refractivity contribution in [3.05, 3.63) is 0 Å². The molecule has 0 bridgehead atoms. The van der Waals surface area contributed by atoms with E-state index >= 15 is 0 Å². The van der Waals surface area contributed by atoms with Crippen LogP contribution in [-0.2, 0) is 14.3 Å². The maximum Gasteiger partial charge on any atom is 0.306 e. The van der Waals surface area contributed by atoms with Crippen molar-refractivity contribution < 1.29 is 19.4 Å². The average Bonchev–Trinajstić information content (AvgIpc) is 2.49. The monoisotopic (exact) mass is 311 g/mol. The summed E-state index contributed by atoms with van der Waals surface area (Å²) >= 11 is 0. The summed E-state index contributed by atoms with van der Waals surface area (Å²) in [6, 6.07) is 0. The molecule has 2 N–H and O–H groups in total. The van der Waals surface area contributed by atoms with E-state index in [1.54, 1.807) is 0 Å². The van der Waals surface area contributed by atoms with Crippen molar-refractivity contribution in [3.8, 4) is 0 Å². The Bertz CT molecular complexity index is 384. The number of carboxylic acids is 1. The van der Waals surface area contributed by atoms with Gasteiger partial charge in [0.15, 0.2) is 0 Å². The molecule has 2 saturated carbocycles. The smallest absolute Gasteiger partial charge is 0.306 e. The van der Waals surface area contributed by atoms with Crippen LogP contribution in [0, 0.1) is 17.3 Å². The zero-order valence-corrected chi connectivity index (χ0v) is 13.6. The van der Waals surface area contributed by atoms with Gasteiger partial charge < -0.3 is 15.2 Å². The van der Waals surface area contributed by atoms with Crippen LogP contribution in [0.3, 0.4) is 0 Å². The summed E-state index contributed by atoms with van der Waals surface area (Å²) in [5.41, 5.74) is 0.239. The molecule has 0 spiro atoms. The number of aliphatic carboxylic acids is 1. The highest BCUT2D eigenvalue weighted by molar-refractivity contribution is 5.79. The van der Waals surface area contributed by atoms with Crippen molar-refractivity contribution in [2.24, 2.45) is 17.3 Å². The minimum Gasteiger partial charge on any atom is -0.481 e. The summed E-state index contributed by atoms with van der Waals surface area (Å²) in [5, 5.41) is 12.1. The Balaban J connectivity index is 1.72. The second-order valence-corrected chi connectivity index (χ2v) is 6.91. The van der Waals surface area contributed by atoms with E-state index in [-0.39, 0.29) is 23.2 Å².